The molecule has 0 bridgehead atoms. The van der Waals surface area contributed by atoms with Crippen LogP contribution >= 0.6 is 23.4 Å². The zero-order valence-corrected chi connectivity index (χ0v) is 18.5. The van der Waals surface area contributed by atoms with Crippen LogP contribution in [0.25, 0.3) is 0 Å². The van der Waals surface area contributed by atoms with Gasteiger partial charge in [-0.25, -0.2) is 0 Å². The van der Waals surface area contributed by atoms with Gasteiger partial charge in [0.1, 0.15) is 0 Å². The van der Waals surface area contributed by atoms with E-state index in [1.54, 1.807) is 19.2 Å². The molecule has 9 heteroatoms. The Morgan fingerprint density at radius 1 is 1.17 bits per heavy atom. The van der Waals surface area contributed by atoms with Crippen LogP contribution in [-0.4, -0.2) is 33.5 Å². The molecule has 3 rings (SSSR count). The Morgan fingerprint density at radius 2 is 1.87 bits per heavy atom. The van der Waals surface area contributed by atoms with Crippen LogP contribution in [0.3, 0.4) is 0 Å². The zero-order valence-electron chi connectivity index (χ0n) is 17.0. The fourth-order valence-electron chi connectivity index (χ4n) is 2.75. The summed E-state index contributed by atoms with van der Waals surface area (Å²) in [5, 5.41) is 12.6. The molecular formula is C21H23ClN4O3S. The second-order valence-electron chi connectivity index (χ2n) is 6.50. The van der Waals surface area contributed by atoms with E-state index >= 15 is 0 Å². The molecule has 0 radical (unpaired) electrons. The van der Waals surface area contributed by atoms with Gasteiger partial charge in [-0.2, -0.15) is 0 Å². The van der Waals surface area contributed by atoms with Crippen molar-refractivity contribution in [3.05, 3.63) is 64.9 Å². The molecule has 2 aromatic carbocycles. The van der Waals surface area contributed by atoms with Crippen molar-refractivity contribution in [3.8, 4) is 11.5 Å². The van der Waals surface area contributed by atoms with Gasteiger partial charge < -0.3 is 19.4 Å². The van der Waals surface area contributed by atoms with E-state index in [9.17, 15) is 4.79 Å². The number of rotatable bonds is 9. The highest BCUT2D eigenvalue weighted by Gasteiger charge is 2.19. The van der Waals surface area contributed by atoms with Gasteiger partial charge in [0.05, 0.1) is 12.9 Å². The number of carbonyl (C=O) groups excluding carboxylic acids is 1. The molecule has 1 unspecified atom stereocenters. The maximum Gasteiger partial charge on any atom is 0.230 e. The molecule has 1 N–H and O–H groups in total. The molecule has 0 aliphatic carbocycles. The standard InChI is InChI=1S/C21H23ClN4O3S/c1-14(29-18-7-5-4-6-17(18)28-3)20-24-25-21(26(20)2)30-13-19(27)23-12-15-8-10-16(22)11-9-15/h4-11,14H,12-13H2,1-3H3,(H,23,27). The molecule has 0 saturated heterocycles. The number of nitrogens with one attached hydrogen (secondary N) is 1. The first kappa shape index (κ1) is 22.0. The van der Waals surface area contributed by atoms with Crippen LogP contribution in [0.2, 0.25) is 5.02 Å². The van der Waals surface area contributed by atoms with Crippen molar-refractivity contribution in [1.82, 2.24) is 20.1 Å². The second-order valence-corrected chi connectivity index (χ2v) is 7.88. The Hall–Kier alpha value is -2.71. The van der Waals surface area contributed by atoms with Gasteiger partial charge in [-0.3, -0.25) is 4.79 Å². The van der Waals surface area contributed by atoms with Crippen LogP contribution < -0.4 is 14.8 Å². The summed E-state index contributed by atoms with van der Waals surface area (Å²) in [5.41, 5.74) is 0.987. The van der Waals surface area contributed by atoms with Crippen molar-refractivity contribution < 1.29 is 14.3 Å². The number of hydrogen-bond acceptors (Lipinski definition) is 6. The second kappa shape index (κ2) is 10.4. The van der Waals surface area contributed by atoms with Crippen molar-refractivity contribution in [1.29, 1.82) is 0 Å². The van der Waals surface area contributed by atoms with E-state index in [1.165, 1.54) is 11.8 Å². The third-order valence-corrected chi connectivity index (χ3v) is 5.61. The summed E-state index contributed by atoms with van der Waals surface area (Å²) in [6, 6.07) is 14.8. The molecule has 3 aromatic rings. The Balaban J connectivity index is 1.54. The number of halogens is 1. The Bertz CT molecular complexity index is 994. The minimum Gasteiger partial charge on any atom is -0.493 e. The van der Waals surface area contributed by atoms with E-state index in [0.29, 0.717) is 34.0 Å². The van der Waals surface area contributed by atoms with E-state index in [0.717, 1.165) is 5.56 Å². The van der Waals surface area contributed by atoms with Crippen LogP contribution in [0.4, 0.5) is 0 Å². The number of thioether (sulfide) groups is 1. The molecule has 1 amide bonds. The molecule has 158 valence electrons. The number of hydrogen-bond donors (Lipinski definition) is 1. The van der Waals surface area contributed by atoms with Gasteiger partial charge >= 0.3 is 0 Å². The van der Waals surface area contributed by atoms with E-state index < -0.39 is 0 Å². The Labute approximate surface area is 184 Å². The largest absolute Gasteiger partial charge is 0.493 e. The maximum absolute atomic E-state index is 12.2. The van der Waals surface area contributed by atoms with Crippen LogP contribution in [0.5, 0.6) is 11.5 Å². The van der Waals surface area contributed by atoms with Crippen molar-refractivity contribution in [2.24, 2.45) is 7.05 Å². The zero-order chi connectivity index (χ0) is 21.5. The summed E-state index contributed by atoms with van der Waals surface area (Å²) in [6.07, 6.45) is -0.341. The SMILES string of the molecule is COc1ccccc1OC(C)c1nnc(SCC(=O)NCc2ccc(Cl)cc2)n1C. The minimum absolute atomic E-state index is 0.0854. The molecule has 0 aliphatic heterocycles. The van der Waals surface area contributed by atoms with Crippen molar-refractivity contribution in [3.63, 3.8) is 0 Å². The third-order valence-electron chi connectivity index (χ3n) is 4.34. The molecule has 30 heavy (non-hydrogen) atoms. The molecule has 0 aliphatic rings. The first-order valence-corrected chi connectivity index (χ1v) is 10.7. The van der Waals surface area contributed by atoms with Gasteiger partial charge in [0.2, 0.25) is 5.91 Å². The first-order chi connectivity index (χ1) is 14.5. The minimum atomic E-state index is -0.341. The number of aromatic nitrogens is 3. The highest BCUT2D eigenvalue weighted by Crippen LogP contribution is 2.30. The number of amides is 1. The summed E-state index contributed by atoms with van der Waals surface area (Å²) in [4.78, 5) is 12.2. The van der Waals surface area contributed by atoms with Crippen molar-refractivity contribution in [2.75, 3.05) is 12.9 Å². The molecule has 0 fully saturated rings. The average Bonchev–Trinajstić information content (AvgIpc) is 3.12. The smallest absolute Gasteiger partial charge is 0.230 e. The van der Waals surface area contributed by atoms with E-state index in [2.05, 4.69) is 15.5 Å². The quantitative estimate of drug-likeness (QED) is 0.500. The van der Waals surface area contributed by atoms with Crippen LogP contribution in [0.1, 0.15) is 24.4 Å². The monoisotopic (exact) mass is 446 g/mol. The fraction of sp³-hybridized carbons (Fsp3) is 0.286. The number of nitrogens with zero attached hydrogens (tertiary/aromatic N) is 3. The van der Waals surface area contributed by atoms with Gasteiger partial charge in [0.15, 0.2) is 28.6 Å². The molecule has 0 saturated carbocycles. The van der Waals surface area contributed by atoms with Crippen LogP contribution in [-0.2, 0) is 18.4 Å². The van der Waals surface area contributed by atoms with Crippen molar-refractivity contribution in [2.45, 2.75) is 24.7 Å². The third kappa shape index (κ3) is 5.67. The summed E-state index contributed by atoms with van der Waals surface area (Å²) in [6.45, 7) is 2.34. The average molecular weight is 447 g/mol. The molecular weight excluding hydrogens is 424 g/mol. The number of para-hydroxylation sites is 2. The highest BCUT2D eigenvalue weighted by molar-refractivity contribution is 7.99. The van der Waals surface area contributed by atoms with E-state index in [1.807, 2.05) is 54.9 Å². The molecule has 1 heterocycles. The molecule has 1 aromatic heterocycles. The number of ether oxygens (including phenoxy) is 2. The Morgan fingerprint density at radius 3 is 2.57 bits per heavy atom. The first-order valence-electron chi connectivity index (χ1n) is 9.31. The normalized spacial score (nSPS) is 11.7. The molecule has 1 atom stereocenters. The fourth-order valence-corrected chi connectivity index (χ4v) is 3.62. The summed E-state index contributed by atoms with van der Waals surface area (Å²) in [7, 11) is 3.45. The lowest BCUT2D eigenvalue weighted by Crippen LogP contribution is -2.24. The van der Waals surface area contributed by atoms with E-state index in [4.69, 9.17) is 21.1 Å². The van der Waals surface area contributed by atoms with E-state index in [-0.39, 0.29) is 17.8 Å². The highest BCUT2D eigenvalue weighted by atomic mass is 35.5. The van der Waals surface area contributed by atoms with Gasteiger partial charge in [0.25, 0.3) is 0 Å². The Kier molecular flexibility index (Phi) is 7.59. The molecule has 7 nitrogen and oxygen atoms in total. The summed E-state index contributed by atoms with van der Waals surface area (Å²) >= 11 is 7.19. The van der Waals surface area contributed by atoms with Crippen LogP contribution in [0, 0.1) is 0 Å². The van der Waals surface area contributed by atoms with Gasteiger partial charge in [0, 0.05) is 18.6 Å². The number of carbonyl (C=O) groups is 1. The van der Waals surface area contributed by atoms with Gasteiger partial charge in [-0.05, 0) is 36.8 Å². The van der Waals surface area contributed by atoms with Gasteiger partial charge in [-0.15, -0.1) is 10.2 Å². The lowest BCUT2D eigenvalue weighted by Gasteiger charge is -2.16. The van der Waals surface area contributed by atoms with Crippen LogP contribution in [0.15, 0.2) is 53.7 Å². The van der Waals surface area contributed by atoms with Crippen molar-refractivity contribution >= 4 is 29.3 Å². The predicted octanol–water partition coefficient (Wildman–Crippen LogP) is 4.03. The maximum atomic E-state index is 12.2. The summed E-state index contributed by atoms with van der Waals surface area (Å²) in [5.74, 6) is 2.09. The number of methoxy groups -OCH3 is 1. The summed E-state index contributed by atoms with van der Waals surface area (Å²) < 4.78 is 13.1. The lowest BCUT2D eigenvalue weighted by molar-refractivity contribution is -0.118. The number of benzene rings is 2. The molecule has 0 spiro atoms. The predicted molar refractivity (Wildman–Crippen MR) is 117 cm³/mol. The topological polar surface area (TPSA) is 78.3 Å². The van der Waals surface area contributed by atoms with Gasteiger partial charge in [-0.1, -0.05) is 47.6 Å². The lowest BCUT2D eigenvalue weighted by atomic mass is 10.2.